The van der Waals surface area contributed by atoms with E-state index in [1.54, 1.807) is 24.3 Å². The fraction of sp³-hybridized carbons (Fsp3) is 0.500. The van der Waals surface area contributed by atoms with Crippen molar-refractivity contribution >= 4 is 11.8 Å². The predicted molar refractivity (Wildman–Crippen MR) is 83.0 cm³/mol. The zero-order valence-electron chi connectivity index (χ0n) is 12.3. The van der Waals surface area contributed by atoms with E-state index in [9.17, 15) is 15.2 Å². The largest absolute Gasteiger partial charge is 0.396 e. The van der Waals surface area contributed by atoms with Crippen LogP contribution in [-0.2, 0) is 0 Å². The van der Waals surface area contributed by atoms with E-state index in [1.165, 1.54) is 6.07 Å². The van der Waals surface area contributed by atoms with E-state index in [4.69, 9.17) is 0 Å². The highest BCUT2D eigenvalue weighted by Crippen LogP contribution is 2.37. The summed E-state index contributed by atoms with van der Waals surface area (Å²) in [5.41, 5.74) is 0.683. The van der Waals surface area contributed by atoms with Crippen LogP contribution >= 0.6 is 0 Å². The van der Waals surface area contributed by atoms with Gasteiger partial charge in [-0.15, -0.1) is 0 Å². The molecule has 1 aromatic carbocycles. The van der Waals surface area contributed by atoms with Crippen LogP contribution in [-0.4, -0.2) is 29.2 Å². The molecule has 1 aromatic rings. The summed E-state index contributed by atoms with van der Waals surface area (Å²) in [7, 11) is 0. The lowest BCUT2D eigenvalue weighted by atomic mass is 9.86. The van der Waals surface area contributed by atoms with E-state index < -0.39 is 0 Å². The SMILES string of the molecule is CC1(CO)CCCC1NC/C=C/c1ccccc1[N+](=O)[O-]. The Morgan fingerprint density at radius 3 is 3.00 bits per heavy atom. The monoisotopic (exact) mass is 290 g/mol. The highest BCUT2D eigenvalue weighted by molar-refractivity contribution is 5.60. The molecular weight excluding hydrogens is 268 g/mol. The molecule has 0 saturated heterocycles. The van der Waals surface area contributed by atoms with Gasteiger partial charge in [-0.25, -0.2) is 0 Å². The molecule has 0 radical (unpaired) electrons. The van der Waals surface area contributed by atoms with E-state index in [0.29, 0.717) is 18.2 Å². The number of hydrogen-bond acceptors (Lipinski definition) is 4. The molecule has 1 aliphatic carbocycles. The van der Waals surface area contributed by atoms with Crippen molar-refractivity contribution in [1.29, 1.82) is 0 Å². The molecule has 1 aliphatic rings. The number of nitrogens with one attached hydrogen (secondary N) is 1. The molecule has 0 aromatic heterocycles. The third kappa shape index (κ3) is 3.68. The van der Waals surface area contributed by atoms with Crippen molar-refractivity contribution in [2.24, 2.45) is 5.41 Å². The zero-order valence-corrected chi connectivity index (χ0v) is 12.3. The Morgan fingerprint density at radius 1 is 1.52 bits per heavy atom. The fourth-order valence-electron chi connectivity index (χ4n) is 2.96. The molecule has 1 saturated carbocycles. The molecule has 114 valence electrons. The third-order valence-corrected chi connectivity index (χ3v) is 4.36. The van der Waals surface area contributed by atoms with E-state index in [1.807, 2.05) is 6.08 Å². The standard InChI is InChI=1S/C16H22N2O3/c1-16(12-19)10-4-9-15(16)17-11-5-7-13-6-2-3-8-14(13)18(20)21/h2-3,5-8,15,17,19H,4,9-12H2,1H3/b7-5+. The number of nitro benzene ring substituents is 1. The van der Waals surface area contributed by atoms with Gasteiger partial charge < -0.3 is 10.4 Å². The topological polar surface area (TPSA) is 75.4 Å². The van der Waals surface area contributed by atoms with Crippen LogP contribution in [0.3, 0.4) is 0 Å². The maximum atomic E-state index is 10.9. The second-order valence-corrected chi connectivity index (χ2v) is 5.88. The minimum Gasteiger partial charge on any atom is -0.396 e. The van der Waals surface area contributed by atoms with Gasteiger partial charge in [0.15, 0.2) is 0 Å². The van der Waals surface area contributed by atoms with Crippen molar-refractivity contribution in [3.8, 4) is 0 Å². The molecule has 5 nitrogen and oxygen atoms in total. The van der Waals surface area contributed by atoms with Crippen LogP contribution in [0.5, 0.6) is 0 Å². The van der Waals surface area contributed by atoms with Gasteiger partial charge in [0.05, 0.1) is 10.5 Å². The third-order valence-electron chi connectivity index (χ3n) is 4.36. The second-order valence-electron chi connectivity index (χ2n) is 5.88. The van der Waals surface area contributed by atoms with Gasteiger partial charge in [-0.2, -0.15) is 0 Å². The number of hydrogen-bond donors (Lipinski definition) is 2. The van der Waals surface area contributed by atoms with Crippen molar-refractivity contribution in [2.75, 3.05) is 13.2 Å². The highest BCUT2D eigenvalue weighted by atomic mass is 16.6. The van der Waals surface area contributed by atoms with Crippen molar-refractivity contribution < 1.29 is 10.0 Å². The van der Waals surface area contributed by atoms with E-state index in [-0.39, 0.29) is 22.6 Å². The molecule has 0 amide bonds. The number of para-hydroxylation sites is 1. The van der Waals surface area contributed by atoms with Crippen LogP contribution in [0.15, 0.2) is 30.3 Å². The summed E-state index contributed by atoms with van der Waals surface area (Å²) in [4.78, 5) is 10.5. The van der Waals surface area contributed by atoms with Crippen molar-refractivity contribution in [3.05, 3.63) is 46.0 Å². The highest BCUT2D eigenvalue weighted by Gasteiger charge is 2.37. The predicted octanol–water partition coefficient (Wildman–Crippen LogP) is 2.75. The fourth-order valence-corrected chi connectivity index (χ4v) is 2.96. The maximum Gasteiger partial charge on any atom is 0.276 e. The normalized spacial score (nSPS) is 25.5. The van der Waals surface area contributed by atoms with Crippen LogP contribution < -0.4 is 5.32 Å². The molecule has 0 bridgehead atoms. The molecule has 21 heavy (non-hydrogen) atoms. The molecule has 2 unspecified atom stereocenters. The van der Waals surface area contributed by atoms with Crippen molar-refractivity contribution in [3.63, 3.8) is 0 Å². The summed E-state index contributed by atoms with van der Waals surface area (Å²) in [6, 6.07) is 7.01. The van der Waals surface area contributed by atoms with Gasteiger partial charge in [0, 0.05) is 30.7 Å². The molecule has 2 rings (SSSR count). The molecule has 1 fully saturated rings. The van der Waals surface area contributed by atoms with Crippen LogP contribution in [0.1, 0.15) is 31.7 Å². The number of nitrogens with zero attached hydrogens (tertiary/aromatic N) is 1. The van der Waals surface area contributed by atoms with Crippen LogP contribution in [0.4, 0.5) is 5.69 Å². The molecule has 0 spiro atoms. The summed E-state index contributed by atoms with van der Waals surface area (Å²) < 4.78 is 0. The Bertz CT molecular complexity index is 530. The van der Waals surface area contributed by atoms with Gasteiger partial charge >= 0.3 is 0 Å². The van der Waals surface area contributed by atoms with Gasteiger partial charge in [-0.1, -0.05) is 37.6 Å². The molecule has 2 atom stereocenters. The first-order valence-electron chi connectivity index (χ1n) is 7.31. The lowest BCUT2D eigenvalue weighted by Gasteiger charge is -2.29. The molecule has 2 N–H and O–H groups in total. The van der Waals surface area contributed by atoms with E-state index in [2.05, 4.69) is 12.2 Å². The average molecular weight is 290 g/mol. The second kappa shape index (κ2) is 6.83. The van der Waals surface area contributed by atoms with Gasteiger partial charge in [-0.05, 0) is 18.9 Å². The first-order valence-corrected chi connectivity index (χ1v) is 7.31. The number of rotatable bonds is 6. The average Bonchev–Trinajstić information content (AvgIpc) is 2.86. The zero-order chi connectivity index (χ0) is 15.3. The lowest BCUT2D eigenvalue weighted by molar-refractivity contribution is -0.385. The van der Waals surface area contributed by atoms with E-state index in [0.717, 1.165) is 19.3 Å². The maximum absolute atomic E-state index is 10.9. The summed E-state index contributed by atoms with van der Waals surface area (Å²) in [6.45, 7) is 2.94. The van der Waals surface area contributed by atoms with Crippen molar-refractivity contribution in [1.82, 2.24) is 5.32 Å². The summed E-state index contributed by atoms with van der Waals surface area (Å²) in [5, 5.41) is 23.8. The van der Waals surface area contributed by atoms with Crippen molar-refractivity contribution in [2.45, 2.75) is 32.2 Å². The van der Waals surface area contributed by atoms with E-state index >= 15 is 0 Å². The molecule has 5 heteroatoms. The minimum absolute atomic E-state index is 0.0490. The van der Waals surface area contributed by atoms with Gasteiger partial charge in [-0.3, -0.25) is 10.1 Å². The number of aliphatic hydroxyl groups excluding tert-OH is 1. The van der Waals surface area contributed by atoms with Gasteiger partial charge in [0.1, 0.15) is 0 Å². The number of aliphatic hydroxyl groups is 1. The Morgan fingerprint density at radius 2 is 2.29 bits per heavy atom. The number of benzene rings is 1. The van der Waals surface area contributed by atoms with Crippen LogP contribution in [0.25, 0.3) is 6.08 Å². The summed E-state index contributed by atoms with van der Waals surface area (Å²) in [6.07, 6.45) is 6.91. The Hall–Kier alpha value is -1.72. The Balaban J connectivity index is 1.93. The Labute approximate surface area is 124 Å². The quantitative estimate of drug-likeness (QED) is 0.624. The molecule has 0 aliphatic heterocycles. The molecule has 0 heterocycles. The Kier molecular flexibility index (Phi) is 5.09. The summed E-state index contributed by atoms with van der Waals surface area (Å²) >= 11 is 0. The van der Waals surface area contributed by atoms with Gasteiger partial charge in [0.25, 0.3) is 5.69 Å². The number of nitro groups is 1. The van der Waals surface area contributed by atoms with Gasteiger partial charge in [0.2, 0.25) is 0 Å². The van der Waals surface area contributed by atoms with Crippen LogP contribution in [0, 0.1) is 15.5 Å². The van der Waals surface area contributed by atoms with Crippen LogP contribution in [0.2, 0.25) is 0 Å². The minimum atomic E-state index is -0.368. The first kappa shape index (κ1) is 15.7. The summed E-state index contributed by atoms with van der Waals surface area (Å²) in [5.74, 6) is 0. The molecular formula is C16H22N2O3. The smallest absolute Gasteiger partial charge is 0.276 e. The lowest BCUT2D eigenvalue weighted by Crippen LogP contribution is -2.41. The first-order chi connectivity index (χ1) is 10.1.